The van der Waals surface area contributed by atoms with E-state index in [-0.39, 0.29) is 6.61 Å². The van der Waals surface area contributed by atoms with Gasteiger partial charge in [0, 0.05) is 19.9 Å². The molecule has 0 amide bonds. The second kappa shape index (κ2) is 6.12. The molecule has 0 spiro atoms. The van der Waals surface area contributed by atoms with Crippen molar-refractivity contribution in [1.29, 1.82) is 0 Å². The maximum Gasteiger partial charge on any atom is 0.239 e. The number of nitrogen functional groups attached to an aromatic ring is 1. The van der Waals surface area contributed by atoms with Crippen LogP contribution in [0.15, 0.2) is 12.3 Å². The van der Waals surface area contributed by atoms with Gasteiger partial charge in [0.25, 0.3) is 0 Å². The van der Waals surface area contributed by atoms with E-state index in [4.69, 9.17) is 10.6 Å². The first kappa shape index (κ1) is 11.6. The normalized spacial score (nSPS) is 12.2. The molecule has 1 atom stereocenters. The van der Waals surface area contributed by atoms with Crippen molar-refractivity contribution in [2.24, 2.45) is 5.84 Å². The molecule has 0 bridgehead atoms. The predicted molar refractivity (Wildman–Crippen MR) is 56.2 cm³/mol. The van der Waals surface area contributed by atoms with E-state index in [2.05, 4.69) is 20.7 Å². The lowest BCUT2D eigenvalue weighted by molar-refractivity contribution is 0.0727. The van der Waals surface area contributed by atoms with Gasteiger partial charge < -0.3 is 15.2 Å². The Balaban J connectivity index is 2.43. The number of methoxy groups -OCH3 is 1. The summed E-state index contributed by atoms with van der Waals surface area (Å²) in [6.45, 7) is 0.634. The number of nitrogens with one attached hydrogen (secondary N) is 2. The summed E-state index contributed by atoms with van der Waals surface area (Å²) < 4.78 is 4.78. The molecular weight excluding hydrogens is 198 g/mol. The molecule has 1 aromatic heterocycles. The van der Waals surface area contributed by atoms with Crippen LogP contribution in [0.4, 0.5) is 11.8 Å². The predicted octanol–water partition coefficient (Wildman–Crippen LogP) is -0.819. The first-order valence-corrected chi connectivity index (χ1v) is 4.46. The highest BCUT2D eigenvalue weighted by molar-refractivity contribution is 5.38. The fourth-order valence-electron chi connectivity index (χ4n) is 1.00. The molecule has 1 aromatic rings. The molecule has 0 fully saturated rings. The maximum absolute atomic E-state index is 9.37. The Labute approximate surface area is 87.6 Å². The van der Waals surface area contributed by atoms with Gasteiger partial charge in [0.2, 0.25) is 5.95 Å². The van der Waals surface area contributed by atoms with Crippen LogP contribution in [-0.4, -0.2) is 41.4 Å². The molecule has 5 N–H and O–H groups in total. The summed E-state index contributed by atoms with van der Waals surface area (Å²) in [6.07, 6.45) is 0.993. The summed E-state index contributed by atoms with van der Waals surface area (Å²) in [7, 11) is 1.53. The monoisotopic (exact) mass is 213 g/mol. The minimum atomic E-state index is -0.570. The average Bonchev–Trinajstić information content (AvgIpc) is 2.27. The van der Waals surface area contributed by atoms with Crippen molar-refractivity contribution in [2.45, 2.75) is 6.10 Å². The molecule has 1 heterocycles. The number of hydrogen-bond acceptors (Lipinski definition) is 7. The Morgan fingerprint density at radius 2 is 2.47 bits per heavy atom. The largest absolute Gasteiger partial charge is 0.389 e. The van der Waals surface area contributed by atoms with Gasteiger partial charge in [-0.25, -0.2) is 10.8 Å². The number of ether oxygens (including phenoxy) is 1. The highest BCUT2D eigenvalue weighted by atomic mass is 16.5. The van der Waals surface area contributed by atoms with Crippen molar-refractivity contribution in [3.63, 3.8) is 0 Å². The summed E-state index contributed by atoms with van der Waals surface area (Å²) >= 11 is 0. The highest BCUT2D eigenvalue weighted by Gasteiger charge is 2.03. The third-order valence-electron chi connectivity index (χ3n) is 1.66. The molecule has 0 saturated heterocycles. The summed E-state index contributed by atoms with van der Waals surface area (Å²) in [5, 5.41) is 12.3. The first-order chi connectivity index (χ1) is 7.26. The lowest BCUT2D eigenvalue weighted by atomic mass is 10.4. The average molecular weight is 213 g/mol. The first-order valence-electron chi connectivity index (χ1n) is 4.46. The minimum Gasteiger partial charge on any atom is -0.389 e. The van der Waals surface area contributed by atoms with Crippen LogP contribution in [0, 0.1) is 0 Å². The van der Waals surface area contributed by atoms with E-state index in [1.165, 1.54) is 7.11 Å². The second-order valence-electron chi connectivity index (χ2n) is 2.90. The van der Waals surface area contributed by atoms with Gasteiger partial charge in [-0.2, -0.15) is 4.98 Å². The standard InChI is InChI=1S/C8H15N5O2/c1-15-5-6(14)4-11-7-2-3-10-8(12-7)13-9/h2-3,6,14H,4-5,9H2,1H3,(H2,10,11,12,13). The van der Waals surface area contributed by atoms with Crippen molar-refractivity contribution in [1.82, 2.24) is 9.97 Å². The smallest absolute Gasteiger partial charge is 0.239 e. The van der Waals surface area contributed by atoms with Crippen LogP contribution >= 0.6 is 0 Å². The molecule has 0 aliphatic heterocycles. The van der Waals surface area contributed by atoms with Gasteiger partial charge in [0.15, 0.2) is 0 Å². The molecule has 0 aliphatic rings. The number of aromatic nitrogens is 2. The zero-order valence-electron chi connectivity index (χ0n) is 8.47. The Bertz CT molecular complexity index is 296. The number of hydrazine groups is 1. The van der Waals surface area contributed by atoms with E-state index < -0.39 is 6.10 Å². The number of nitrogens with two attached hydrogens (primary N) is 1. The zero-order chi connectivity index (χ0) is 11.1. The van der Waals surface area contributed by atoms with Gasteiger partial charge in [0.1, 0.15) is 5.82 Å². The summed E-state index contributed by atoms with van der Waals surface area (Å²) in [4.78, 5) is 7.86. The van der Waals surface area contributed by atoms with Crippen LogP contribution in [0.25, 0.3) is 0 Å². The fraction of sp³-hybridized carbons (Fsp3) is 0.500. The van der Waals surface area contributed by atoms with Crippen LogP contribution in [-0.2, 0) is 4.74 Å². The third-order valence-corrected chi connectivity index (χ3v) is 1.66. The third kappa shape index (κ3) is 4.07. The van der Waals surface area contributed by atoms with Gasteiger partial charge >= 0.3 is 0 Å². The Morgan fingerprint density at radius 1 is 1.67 bits per heavy atom. The second-order valence-corrected chi connectivity index (χ2v) is 2.90. The lowest BCUT2D eigenvalue weighted by Gasteiger charge is -2.11. The minimum absolute atomic E-state index is 0.278. The van der Waals surface area contributed by atoms with Crippen LogP contribution < -0.4 is 16.6 Å². The molecule has 7 nitrogen and oxygen atoms in total. The Morgan fingerprint density at radius 3 is 3.13 bits per heavy atom. The van der Waals surface area contributed by atoms with E-state index in [9.17, 15) is 5.11 Å². The Kier molecular flexibility index (Phi) is 4.75. The fourth-order valence-corrected chi connectivity index (χ4v) is 1.00. The number of aliphatic hydroxyl groups excluding tert-OH is 1. The lowest BCUT2D eigenvalue weighted by Crippen LogP contribution is -2.24. The van der Waals surface area contributed by atoms with Crippen LogP contribution in [0.2, 0.25) is 0 Å². The molecule has 0 radical (unpaired) electrons. The van der Waals surface area contributed by atoms with E-state index in [0.717, 1.165) is 0 Å². The summed E-state index contributed by atoms with van der Waals surface area (Å²) in [6, 6.07) is 1.68. The maximum atomic E-state index is 9.37. The number of anilines is 2. The van der Waals surface area contributed by atoms with Gasteiger partial charge in [0.05, 0.1) is 12.7 Å². The molecule has 0 saturated carbocycles. The van der Waals surface area contributed by atoms with Crippen LogP contribution in [0.3, 0.4) is 0 Å². The molecular formula is C8H15N5O2. The number of aliphatic hydroxyl groups is 1. The van der Waals surface area contributed by atoms with Gasteiger partial charge in [-0.3, -0.25) is 5.43 Å². The van der Waals surface area contributed by atoms with Crippen molar-refractivity contribution in [3.8, 4) is 0 Å². The molecule has 0 aliphatic carbocycles. The van der Waals surface area contributed by atoms with Gasteiger partial charge in [-0.15, -0.1) is 0 Å². The van der Waals surface area contributed by atoms with Crippen molar-refractivity contribution < 1.29 is 9.84 Å². The van der Waals surface area contributed by atoms with E-state index >= 15 is 0 Å². The van der Waals surface area contributed by atoms with Crippen molar-refractivity contribution >= 4 is 11.8 Å². The van der Waals surface area contributed by atoms with Crippen molar-refractivity contribution in [2.75, 3.05) is 31.0 Å². The molecule has 0 aromatic carbocycles. The van der Waals surface area contributed by atoms with Crippen LogP contribution in [0.1, 0.15) is 0 Å². The van der Waals surface area contributed by atoms with Gasteiger partial charge in [-0.1, -0.05) is 0 Å². The van der Waals surface area contributed by atoms with Gasteiger partial charge in [-0.05, 0) is 6.07 Å². The quantitative estimate of drug-likeness (QED) is 0.361. The summed E-state index contributed by atoms with van der Waals surface area (Å²) in [5.74, 6) is 6.06. The number of nitrogens with zero attached hydrogens (tertiary/aromatic N) is 2. The number of hydrogen-bond donors (Lipinski definition) is 4. The molecule has 84 valence electrons. The van der Waals surface area contributed by atoms with E-state index in [1.54, 1.807) is 12.3 Å². The highest BCUT2D eigenvalue weighted by Crippen LogP contribution is 2.04. The van der Waals surface area contributed by atoms with E-state index in [1.807, 2.05) is 0 Å². The zero-order valence-corrected chi connectivity index (χ0v) is 8.47. The Hall–Kier alpha value is -1.44. The van der Waals surface area contributed by atoms with E-state index in [0.29, 0.717) is 18.3 Å². The number of rotatable bonds is 6. The molecule has 7 heteroatoms. The van der Waals surface area contributed by atoms with Crippen molar-refractivity contribution in [3.05, 3.63) is 12.3 Å². The SMILES string of the molecule is COCC(O)CNc1ccnc(NN)n1. The van der Waals surface area contributed by atoms with Crippen LogP contribution in [0.5, 0.6) is 0 Å². The molecule has 1 rings (SSSR count). The molecule has 15 heavy (non-hydrogen) atoms. The summed E-state index contributed by atoms with van der Waals surface area (Å²) in [5.41, 5.74) is 2.33. The topological polar surface area (TPSA) is 105 Å². The molecule has 1 unspecified atom stereocenters.